The maximum Gasteiger partial charge on any atom is 0.323 e. The van der Waals surface area contributed by atoms with E-state index in [0.29, 0.717) is 37.7 Å². The Morgan fingerprint density at radius 1 is 1.15 bits per heavy atom. The second-order valence-corrected chi connectivity index (χ2v) is 4.30. The molecule has 0 radical (unpaired) electrons. The number of nitrogens with zero attached hydrogens (tertiary/aromatic N) is 3. The van der Waals surface area contributed by atoms with Crippen LogP contribution in [0.2, 0.25) is 0 Å². The minimum absolute atomic E-state index is 0.00170. The predicted octanol–water partition coefficient (Wildman–Crippen LogP) is 0.511. The van der Waals surface area contributed by atoms with E-state index in [4.69, 9.17) is 14.6 Å². The lowest BCUT2D eigenvalue weighted by atomic mass is 10.4. The predicted molar refractivity (Wildman–Crippen MR) is 76.1 cm³/mol. The fourth-order valence-electron chi connectivity index (χ4n) is 1.35. The summed E-state index contributed by atoms with van der Waals surface area (Å²) in [5.41, 5.74) is 0. The first kappa shape index (κ1) is 16.4. The van der Waals surface area contributed by atoms with Crippen molar-refractivity contribution in [3.8, 4) is 6.01 Å². The molecule has 0 aliphatic heterocycles. The second-order valence-electron chi connectivity index (χ2n) is 4.30. The van der Waals surface area contributed by atoms with Crippen LogP contribution in [0.15, 0.2) is 0 Å². The van der Waals surface area contributed by atoms with Crippen molar-refractivity contribution in [3.63, 3.8) is 0 Å². The Kier molecular flexibility index (Phi) is 7.59. The molecule has 0 bridgehead atoms. The zero-order chi connectivity index (χ0) is 14.8. The van der Waals surface area contributed by atoms with Crippen LogP contribution in [0.25, 0.3) is 0 Å². The van der Waals surface area contributed by atoms with Gasteiger partial charge in [-0.3, -0.25) is 0 Å². The Bertz CT molecular complexity index is 389. The number of rotatable bonds is 10. The van der Waals surface area contributed by atoms with E-state index in [0.717, 1.165) is 6.42 Å². The smallest absolute Gasteiger partial charge is 0.323 e. The van der Waals surface area contributed by atoms with E-state index in [9.17, 15) is 0 Å². The van der Waals surface area contributed by atoms with E-state index < -0.39 is 0 Å². The number of aromatic nitrogens is 3. The fourth-order valence-corrected chi connectivity index (χ4v) is 1.35. The van der Waals surface area contributed by atoms with E-state index in [1.165, 1.54) is 0 Å². The van der Waals surface area contributed by atoms with Gasteiger partial charge >= 0.3 is 6.01 Å². The summed E-state index contributed by atoms with van der Waals surface area (Å²) in [6.45, 7) is 5.47. The van der Waals surface area contributed by atoms with Gasteiger partial charge < -0.3 is 25.2 Å². The molecule has 0 fully saturated rings. The van der Waals surface area contributed by atoms with Crippen LogP contribution < -0.4 is 15.4 Å². The summed E-state index contributed by atoms with van der Waals surface area (Å²) in [6.07, 6.45) is 0.794. The van der Waals surface area contributed by atoms with Crippen molar-refractivity contribution in [2.24, 2.45) is 0 Å². The molecule has 3 N–H and O–H groups in total. The van der Waals surface area contributed by atoms with E-state index in [-0.39, 0.29) is 12.7 Å². The highest BCUT2D eigenvalue weighted by molar-refractivity contribution is 5.35. The highest BCUT2D eigenvalue weighted by Crippen LogP contribution is 2.12. The number of aliphatic hydroxyl groups is 1. The van der Waals surface area contributed by atoms with Crippen molar-refractivity contribution in [1.82, 2.24) is 15.0 Å². The standard InChI is InChI=1S/C12H23N5O3/c1-9(2)20-12-16-10(13-3)15-11(17-12)14-5-4-7-19-8-6-18/h9,18H,4-8H2,1-3H3,(H2,13,14,15,16,17). The molecule has 0 aliphatic rings. The summed E-state index contributed by atoms with van der Waals surface area (Å²) >= 11 is 0. The molecular formula is C12H23N5O3. The second kappa shape index (κ2) is 9.27. The Morgan fingerprint density at radius 3 is 2.55 bits per heavy atom. The van der Waals surface area contributed by atoms with Crippen LogP contribution in [0.5, 0.6) is 6.01 Å². The minimum Gasteiger partial charge on any atom is -0.461 e. The molecule has 1 heterocycles. The molecule has 114 valence electrons. The summed E-state index contributed by atoms with van der Waals surface area (Å²) in [5.74, 6) is 0.914. The van der Waals surface area contributed by atoms with E-state index in [1.54, 1.807) is 7.05 Å². The number of hydrogen-bond donors (Lipinski definition) is 3. The van der Waals surface area contributed by atoms with Gasteiger partial charge in [-0.15, -0.1) is 0 Å². The zero-order valence-corrected chi connectivity index (χ0v) is 12.2. The first-order chi connectivity index (χ1) is 9.65. The molecule has 0 unspecified atom stereocenters. The first-order valence-electron chi connectivity index (χ1n) is 6.68. The lowest BCUT2D eigenvalue weighted by molar-refractivity contribution is 0.0921. The Morgan fingerprint density at radius 2 is 1.90 bits per heavy atom. The van der Waals surface area contributed by atoms with Gasteiger partial charge in [0.2, 0.25) is 11.9 Å². The maximum absolute atomic E-state index is 8.57. The van der Waals surface area contributed by atoms with E-state index in [1.807, 2.05) is 13.8 Å². The van der Waals surface area contributed by atoms with Gasteiger partial charge in [0.25, 0.3) is 0 Å². The number of ether oxygens (including phenoxy) is 2. The van der Waals surface area contributed by atoms with Crippen LogP contribution in [-0.2, 0) is 4.74 Å². The van der Waals surface area contributed by atoms with Crippen molar-refractivity contribution in [2.45, 2.75) is 26.4 Å². The lowest BCUT2D eigenvalue weighted by Gasteiger charge is -2.11. The average molecular weight is 285 g/mol. The highest BCUT2D eigenvalue weighted by atomic mass is 16.5. The van der Waals surface area contributed by atoms with Gasteiger partial charge in [0.05, 0.1) is 19.3 Å². The topological polar surface area (TPSA) is 101 Å². The summed E-state index contributed by atoms with van der Waals surface area (Å²) in [6, 6.07) is 0.290. The number of anilines is 2. The summed E-state index contributed by atoms with van der Waals surface area (Å²) in [7, 11) is 1.74. The van der Waals surface area contributed by atoms with Crippen molar-refractivity contribution in [1.29, 1.82) is 0 Å². The quantitative estimate of drug-likeness (QED) is 0.535. The zero-order valence-electron chi connectivity index (χ0n) is 12.2. The summed E-state index contributed by atoms with van der Waals surface area (Å²) < 4.78 is 10.6. The monoisotopic (exact) mass is 285 g/mol. The maximum atomic E-state index is 8.57. The third-order valence-electron chi connectivity index (χ3n) is 2.16. The van der Waals surface area contributed by atoms with Crippen LogP contribution >= 0.6 is 0 Å². The molecular weight excluding hydrogens is 262 g/mol. The minimum atomic E-state index is 0.00170. The molecule has 0 spiro atoms. The highest BCUT2D eigenvalue weighted by Gasteiger charge is 2.07. The summed E-state index contributed by atoms with van der Waals surface area (Å²) in [4.78, 5) is 12.5. The molecule has 1 rings (SSSR count). The molecule has 1 aromatic rings. The Hall–Kier alpha value is -1.67. The molecule has 8 nitrogen and oxygen atoms in total. The van der Waals surface area contributed by atoms with Gasteiger partial charge in [-0.25, -0.2) is 0 Å². The van der Waals surface area contributed by atoms with Gasteiger partial charge in [-0.1, -0.05) is 0 Å². The van der Waals surface area contributed by atoms with Crippen LogP contribution in [0.4, 0.5) is 11.9 Å². The van der Waals surface area contributed by atoms with Crippen LogP contribution in [-0.4, -0.2) is 59.6 Å². The third-order valence-corrected chi connectivity index (χ3v) is 2.16. The van der Waals surface area contributed by atoms with E-state index in [2.05, 4.69) is 25.6 Å². The van der Waals surface area contributed by atoms with Crippen molar-refractivity contribution in [3.05, 3.63) is 0 Å². The van der Waals surface area contributed by atoms with Gasteiger partial charge in [0.1, 0.15) is 0 Å². The molecule has 0 aromatic carbocycles. The molecule has 20 heavy (non-hydrogen) atoms. The molecule has 0 atom stereocenters. The van der Waals surface area contributed by atoms with Gasteiger partial charge in [-0.05, 0) is 20.3 Å². The van der Waals surface area contributed by atoms with Crippen LogP contribution in [0, 0.1) is 0 Å². The molecule has 1 aromatic heterocycles. The summed E-state index contributed by atoms with van der Waals surface area (Å²) in [5, 5.41) is 14.5. The number of nitrogens with one attached hydrogen (secondary N) is 2. The number of aliphatic hydroxyl groups excluding tert-OH is 1. The number of hydrogen-bond acceptors (Lipinski definition) is 8. The molecule has 8 heteroatoms. The average Bonchev–Trinajstić information content (AvgIpc) is 2.41. The largest absolute Gasteiger partial charge is 0.461 e. The molecule has 0 amide bonds. The lowest BCUT2D eigenvalue weighted by Crippen LogP contribution is -2.14. The van der Waals surface area contributed by atoms with Crippen molar-refractivity contribution in [2.75, 3.05) is 44.0 Å². The first-order valence-corrected chi connectivity index (χ1v) is 6.68. The Balaban J connectivity index is 2.47. The Labute approximate surface area is 118 Å². The molecule has 0 saturated carbocycles. The third kappa shape index (κ3) is 6.48. The van der Waals surface area contributed by atoms with Crippen LogP contribution in [0.3, 0.4) is 0 Å². The van der Waals surface area contributed by atoms with Gasteiger partial charge in [0, 0.05) is 20.2 Å². The van der Waals surface area contributed by atoms with E-state index >= 15 is 0 Å². The normalized spacial score (nSPS) is 10.7. The molecule has 0 saturated heterocycles. The van der Waals surface area contributed by atoms with Crippen molar-refractivity contribution < 1.29 is 14.6 Å². The molecule has 0 aliphatic carbocycles. The van der Waals surface area contributed by atoms with Crippen LogP contribution in [0.1, 0.15) is 20.3 Å². The van der Waals surface area contributed by atoms with Gasteiger partial charge in [0.15, 0.2) is 0 Å². The van der Waals surface area contributed by atoms with Crippen molar-refractivity contribution >= 4 is 11.9 Å². The SMILES string of the molecule is CNc1nc(NCCCOCCO)nc(OC(C)C)n1. The fraction of sp³-hybridized carbons (Fsp3) is 0.750. The van der Waals surface area contributed by atoms with Gasteiger partial charge in [-0.2, -0.15) is 15.0 Å².